The number of hydrogen-bond acceptors (Lipinski definition) is 4. The Morgan fingerprint density at radius 2 is 2.14 bits per heavy atom. The molecular formula is C15H14N2O3S. The van der Waals surface area contributed by atoms with E-state index in [-0.39, 0.29) is 5.91 Å². The summed E-state index contributed by atoms with van der Waals surface area (Å²) in [7, 11) is 0. The zero-order valence-corrected chi connectivity index (χ0v) is 12.4. The molecule has 0 bridgehead atoms. The van der Waals surface area contributed by atoms with E-state index in [1.807, 2.05) is 16.7 Å². The lowest BCUT2D eigenvalue weighted by atomic mass is 10.2. The number of rotatable bonds is 2. The first-order chi connectivity index (χ1) is 10.2. The second-order valence-electron chi connectivity index (χ2n) is 4.50. The zero-order valence-electron chi connectivity index (χ0n) is 11.6. The molecule has 0 N–H and O–H groups in total. The summed E-state index contributed by atoms with van der Waals surface area (Å²) in [5, 5.41) is 0. The SMILES string of the molecule is C#CCn1c(=NC(=O)CC)sc2cc3c(cc21)OCCO3. The van der Waals surface area contributed by atoms with Gasteiger partial charge in [-0.1, -0.05) is 24.2 Å². The molecule has 1 amide bonds. The standard InChI is InChI=1S/C15H14N2O3S/c1-3-5-17-10-8-11-12(20-7-6-19-11)9-13(10)21-15(17)16-14(18)4-2/h1,8-9H,4-7H2,2H3. The fraction of sp³-hybridized carbons (Fsp3) is 0.333. The van der Waals surface area contributed by atoms with Crippen LogP contribution >= 0.6 is 11.3 Å². The van der Waals surface area contributed by atoms with Crippen molar-refractivity contribution < 1.29 is 14.3 Å². The lowest BCUT2D eigenvalue weighted by molar-refractivity contribution is -0.117. The number of hydrogen-bond donors (Lipinski definition) is 0. The van der Waals surface area contributed by atoms with Gasteiger partial charge in [0.15, 0.2) is 16.3 Å². The largest absolute Gasteiger partial charge is 0.486 e. The third-order valence-corrected chi connectivity index (χ3v) is 4.16. The minimum absolute atomic E-state index is 0.162. The van der Waals surface area contributed by atoms with E-state index in [0.717, 1.165) is 16.0 Å². The fourth-order valence-electron chi connectivity index (χ4n) is 2.12. The van der Waals surface area contributed by atoms with Gasteiger partial charge in [-0.15, -0.1) is 6.42 Å². The molecule has 3 rings (SSSR count). The van der Waals surface area contributed by atoms with Crippen molar-refractivity contribution in [3.8, 4) is 23.8 Å². The third-order valence-electron chi connectivity index (χ3n) is 3.12. The molecule has 0 spiro atoms. The van der Waals surface area contributed by atoms with Crippen LogP contribution in [0.25, 0.3) is 10.2 Å². The van der Waals surface area contributed by atoms with E-state index >= 15 is 0 Å². The Hall–Kier alpha value is -2.26. The number of carbonyl (C=O) groups is 1. The van der Waals surface area contributed by atoms with Gasteiger partial charge >= 0.3 is 0 Å². The zero-order chi connectivity index (χ0) is 14.8. The maximum Gasteiger partial charge on any atom is 0.248 e. The highest BCUT2D eigenvalue weighted by atomic mass is 32.1. The Morgan fingerprint density at radius 3 is 2.81 bits per heavy atom. The molecule has 108 valence electrons. The van der Waals surface area contributed by atoms with E-state index in [9.17, 15) is 4.79 Å². The van der Waals surface area contributed by atoms with Crippen LogP contribution in [-0.2, 0) is 11.3 Å². The highest BCUT2D eigenvalue weighted by Gasteiger charge is 2.16. The number of aromatic nitrogens is 1. The van der Waals surface area contributed by atoms with Crippen molar-refractivity contribution in [3.05, 3.63) is 16.9 Å². The van der Waals surface area contributed by atoms with Gasteiger partial charge in [0.1, 0.15) is 13.2 Å². The van der Waals surface area contributed by atoms with Gasteiger partial charge in [0.25, 0.3) is 0 Å². The van der Waals surface area contributed by atoms with Crippen LogP contribution in [0.4, 0.5) is 0 Å². The summed E-state index contributed by atoms with van der Waals surface area (Å²) < 4.78 is 14.0. The van der Waals surface area contributed by atoms with Crippen LogP contribution in [0.15, 0.2) is 17.1 Å². The Balaban J connectivity index is 2.25. The van der Waals surface area contributed by atoms with Crippen LogP contribution in [0.3, 0.4) is 0 Å². The molecular weight excluding hydrogens is 288 g/mol. The summed E-state index contributed by atoms with van der Waals surface area (Å²) in [4.78, 5) is 16.3. The van der Waals surface area contributed by atoms with Gasteiger partial charge in [-0.3, -0.25) is 4.79 Å². The van der Waals surface area contributed by atoms with Crippen molar-refractivity contribution in [1.29, 1.82) is 0 Å². The van der Waals surface area contributed by atoms with Gasteiger partial charge < -0.3 is 14.0 Å². The second kappa shape index (κ2) is 5.62. The maximum absolute atomic E-state index is 11.6. The minimum Gasteiger partial charge on any atom is -0.486 e. The van der Waals surface area contributed by atoms with Crippen molar-refractivity contribution in [2.45, 2.75) is 19.9 Å². The maximum atomic E-state index is 11.6. The molecule has 0 saturated carbocycles. The highest BCUT2D eigenvalue weighted by molar-refractivity contribution is 7.16. The summed E-state index contributed by atoms with van der Waals surface area (Å²) in [6, 6.07) is 3.81. The number of amides is 1. The number of carbonyl (C=O) groups excluding carboxylic acids is 1. The van der Waals surface area contributed by atoms with Gasteiger partial charge in [0.2, 0.25) is 5.91 Å². The summed E-state index contributed by atoms with van der Waals surface area (Å²) in [5.41, 5.74) is 0.907. The van der Waals surface area contributed by atoms with Crippen molar-refractivity contribution in [1.82, 2.24) is 4.57 Å². The molecule has 21 heavy (non-hydrogen) atoms. The van der Waals surface area contributed by atoms with E-state index in [4.69, 9.17) is 15.9 Å². The molecule has 1 aromatic heterocycles. The third kappa shape index (κ3) is 2.52. The number of terminal acetylenes is 1. The van der Waals surface area contributed by atoms with E-state index in [2.05, 4.69) is 10.9 Å². The van der Waals surface area contributed by atoms with Crippen molar-refractivity contribution in [2.24, 2.45) is 4.99 Å². The predicted octanol–water partition coefficient (Wildman–Crippen LogP) is 1.94. The van der Waals surface area contributed by atoms with E-state index < -0.39 is 0 Å². The monoisotopic (exact) mass is 302 g/mol. The van der Waals surface area contributed by atoms with Crippen molar-refractivity contribution >= 4 is 27.5 Å². The quantitative estimate of drug-likeness (QED) is 0.797. The lowest BCUT2D eigenvalue weighted by Crippen LogP contribution is -2.17. The number of ether oxygens (including phenoxy) is 2. The molecule has 0 unspecified atom stereocenters. The molecule has 2 heterocycles. The molecule has 1 aromatic carbocycles. The topological polar surface area (TPSA) is 52.8 Å². The Morgan fingerprint density at radius 1 is 1.43 bits per heavy atom. The molecule has 0 atom stereocenters. The first kappa shape index (κ1) is 13.7. The van der Waals surface area contributed by atoms with Crippen LogP contribution in [0.5, 0.6) is 11.5 Å². The molecule has 0 radical (unpaired) electrons. The minimum atomic E-state index is -0.162. The molecule has 0 fully saturated rings. The second-order valence-corrected chi connectivity index (χ2v) is 5.51. The molecule has 6 heteroatoms. The molecule has 0 aliphatic carbocycles. The summed E-state index contributed by atoms with van der Waals surface area (Å²) in [6.07, 6.45) is 5.80. The number of fused-ring (bicyclic) bond motifs is 2. The summed E-state index contributed by atoms with van der Waals surface area (Å²) in [6.45, 7) is 3.21. The smallest absolute Gasteiger partial charge is 0.248 e. The average molecular weight is 302 g/mol. The first-order valence-electron chi connectivity index (χ1n) is 6.67. The van der Waals surface area contributed by atoms with Gasteiger partial charge in [-0.05, 0) is 0 Å². The number of nitrogens with zero attached hydrogens (tertiary/aromatic N) is 2. The average Bonchev–Trinajstić information content (AvgIpc) is 2.82. The highest BCUT2D eigenvalue weighted by Crippen LogP contribution is 2.35. The van der Waals surface area contributed by atoms with Gasteiger partial charge in [0.05, 0.1) is 16.8 Å². The van der Waals surface area contributed by atoms with Crippen LogP contribution < -0.4 is 14.3 Å². The van der Waals surface area contributed by atoms with E-state index in [0.29, 0.717) is 36.7 Å². The Bertz CT molecular complexity index is 811. The number of thiazole rings is 1. The summed E-state index contributed by atoms with van der Waals surface area (Å²) in [5.74, 6) is 3.86. The van der Waals surface area contributed by atoms with Crippen LogP contribution in [0.2, 0.25) is 0 Å². The molecule has 0 saturated heterocycles. The predicted molar refractivity (Wildman–Crippen MR) is 80.5 cm³/mol. The first-order valence-corrected chi connectivity index (χ1v) is 7.48. The van der Waals surface area contributed by atoms with Gasteiger partial charge in [-0.2, -0.15) is 4.99 Å². The van der Waals surface area contributed by atoms with Crippen LogP contribution in [0.1, 0.15) is 13.3 Å². The van der Waals surface area contributed by atoms with E-state index in [1.54, 1.807) is 6.92 Å². The van der Waals surface area contributed by atoms with Gasteiger partial charge in [0, 0.05) is 18.6 Å². The van der Waals surface area contributed by atoms with Gasteiger partial charge in [-0.25, -0.2) is 0 Å². The lowest BCUT2D eigenvalue weighted by Gasteiger charge is -2.18. The molecule has 1 aliphatic rings. The Kier molecular flexibility index (Phi) is 3.67. The van der Waals surface area contributed by atoms with Crippen molar-refractivity contribution in [2.75, 3.05) is 13.2 Å². The number of benzene rings is 1. The van der Waals surface area contributed by atoms with Crippen LogP contribution in [0, 0.1) is 12.3 Å². The normalized spacial score (nSPS) is 14.2. The van der Waals surface area contributed by atoms with Crippen LogP contribution in [-0.4, -0.2) is 23.7 Å². The van der Waals surface area contributed by atoms with E-state index in [1.165, 1.54) is 11.3 Å². The van der Waals surface area contributed by atoms with Crippen molar-refractivity contribution in [3.63, 3.8) is 0 Å². The molecule has 1 aliphatic heterocycles. The molecule has 5 nitrogen and oxygen atoms in total. The summed E-state index contributed by atoms with van der Waals surface area (Å²) >= 11 is 1.42. The molecule has 2 aromatic rings. The Labute approximate surface area is 125 Å². The fourth-order valence-corrected chi connectivity index (χ4v) is 3.18.